The van der Waals surface area contributed by atoms with Crippen molar-refractivity contribution in [1.29, 1.82) is 0 Å². The third-order valence-corrected chi connectivity index (χ3v) is 5.33. The maximum absolute atomic E-state index is 13.7. The molecule has 0 saturated carbocycles. The molecular formula is C18H22F4N6O8. The van der Waals surface area contributed by atoms with Gasteiger partial charge in [0.2, 0.25) is 12.5 Å². The number of alkyl halides is 4. The fraction of sp³-hybridized carbons (Fsp3) is 0.556. The monoisotopic (exact) mass is 526 g/mol. The van der Waals surface area contributed by atoms with Gasteiger partial charge in [0.15, 0.2) is 12.2 Å². The van der Waals surface area contributed by atoms with Crippen LogP contribution in [0.5, 0.6) is 0 Å². The SMILES string of the molecule is Nc1ccn(C2O[C@H](CO)[C@@H](O)C2(F)F)c(=O)n1.Nc1ccn([C@@H]2O[C@H](CO)[C@@H](O)C2(F)F)c(=O)n1. The summed E-state index contributed by atoms with van der Waals surface area (Å²) in [6, 6.07) is 2.30. The van der Waals surface area contributed by atoms with Crippen molar-refractivity contribution in [2.24, 2.45) is 0 Å². The van der Waals surface area contributed by atoms with Crippen LogP contribution >= 0.6 is 0 Å². The fourth-order valence-corrected chi connectivity index (χ4v) is 3.45. The van der Waals surface area contributed by atoms with E-state index in [1.165, 1.54) is 0 Å². The quantitative estimate of drug-likeness (QED) is 0.226. The molecule has 2 fully saturated rings. The van der Waals surface area contributed by atoms with Gasteiger partial charge in [0.1, 0.15) is 23.8 Å². The zero-order chi connectivity index (χ0) is 27.0. The molecule has 18 heteroatoms. The molecule has 0 bridgehead atoms. The normalized spacial score (nSPS) is 30.6. The molecule has 2 aromatic heterocycles. The van der Waals surface area contributed by atoms with Crippen LogP contribution in [0.4, 0.5) is 29.2 Å². The number of rotatable bonds is 4. The van der Waals surface area contributed by atoms with Gasteiger partial charge in [0.05, 0.1) is 13.2 Å². The first kappa shape index (κ1) is 27.4. The number of aromatic nitrogens is 4. The highest BCUT2D eigenvalue weighted by Gasteiger charge is 2.60. The molecule has 36 heavy (non-hydrogen) atoms. The molecule has 14 nitrogen and oxygen atoms in total. The number of nitrogens with two attached hydrogens (primary N) is 2. The number of aliphatic hydroxyl groups is 4. The second kappa shape index (κ2) is 10.1. The average Bonchev–Trinajstić information content (AvgIpc) is 3.17. The molecule has 6 atom stereocenters. The Morgan fingerprint density at radius 3 is 1.39 bits per heavy atom. The van der Waals surface area contributed by atoms with E-state index in [4.69, 9.17) is 31.2 Å². The highest BCUT2D eigenvalue weighted by Crippen LogP contribution is 2.42. The Bertz CT molecular complexity index is 1110. The van der Waals surface area contributed by atoms with E-state index in [-0.39, 0.29) is 11.6 Å². The molecule has 2 aliphatic heterocycles. The summed E-state index contributed by atoms with van der Waals surface area (Å²) in [6.07, 6.45) is -9.38. The van der Waals surface area contributed by atoms with Crippen LogP contribution in [-0.4, -0.2) is 89.0 Å². The number of halogens is 4. The number of ether oxygens (including phenoxy) is 2. The Labute approximate surface area is 197 Å². The molecule has 200 valence electrons. The van der Waals surface area contributed by atoms with Gasteiger partial charge in [-0.3, -0.25) is 9.13 Å². The summed E-state index contributed by atoms with van der Waals surface area (Å²) < 4.78 is 65.4. The van der Waals surface area contributed by atoms with Gasteiger partial charge < -0.3 is 41.4 Å². The first-order valence-electron chi connectivity index (χ1n) is 10.1. The van der Waals surface area contributed by atoms with Crippen LogP contribution < -0.4 is 22.8 Å². The molecule has 0 amide bonds. The third-order valence-electron chi connectivity index (χ3n) is 5.33. The average molecular weight is 526 g/mol. The molecule has 0 aliphatic carbocycles. The second-order valence-corrected chi connectivity index (χ2v) is 7.74. The van der Waals surface area contributed by atoms with Crippen molar-refractivity contribution in [3.63, 3.8) is 0 Å². The van der Waals surface area contributed by atoms with Gasteiger partial charge in [-0.1, -0.05) is 0 Å². The Morgan fingerprint density at radius 1 is 0.806 bits per heavy atom. The van der Waals surface area contributed by atoms with Crippen molar-refractivity contribution in [3.05, 3.63) is 45.5 Å². The van der Waals surface area contributed by atoms with Crippen molar-refractivity contribution in [2.45, 2.75) is 48.7 Å². The summed E-state index contributed by atoms with van der Waals surface area (Å²) >= 11 is 0. The molecule has 8 N–H and O–H groups in total. The van der Waals surface area contributed by atoms with Crippen molar-refractivity contribution in [2.75, 3.05) is 24.7 Å². The lowest BCUT2D eigenvalue weighted by Crippen LogP contribution is -2.41. The fourth-order valence-electron chi connectivity index (χ4n) is 3.45. The number of nitrogens with zero attached hydrogens (tertiary/aromatic N) is 4. The summed E-state index contributed by atoms with van der Waals surface area (Å²) in [5.41, 5.74) is 8.42. The molecule has 4 heterocycles. The summed E-state index contributed by atoms with van der Waals surface area (Å²) in [5, 5.41) is 36.2. The van der Waals surface area contributed by atoms with Gasteiger partial charge in [0, 0.05) is 12.4 Å². The van der Waals surface area contributed by atoms with Crippen LogP contribution in [0.2, 0.25) is 0 Å². The largest absolute Gasteiger partial charge is 0.394 e. The van der Waals surface area contributed by atoms with Crippen LogP contribution in [-0.2, 0) is 9.47 Å². The zero-order valence-electron chi connectivity index (χ0n) is 18.1. The molecule has 2 aliphatic rings. The van der Waals surface area contributed by atoms with Crippen molar-refractivity contribution in [1.82, 2.24) is 19.1 Å². The Balaban J connectivity index is 0.000000201. The first-order valence-corrected chi connectivity index (χ1v) is 10.1. The van der Waals surface area contributed by atoms with Crippen LogP contribution in [0.1, 0.15) is 12.5 Å². The van der Waals surface area contributed by atoms with E-state index >= 15 is 0 Å². The Morgan fingerprint density at radius 2 is 1.14 bits per heavy atom. The topological polar surface area (TPSA) is 221 Å². The van der Waals surface area contributed by atoms with E-state index in [0.717, 1.165) is 24.5 Å². The molecule has 0 spiro atoms. The minimum absolute atomic E-state index is 0.114. The van der Waals surface area contributed by atoms with Crippen molar-refractivity contribution < 1.29 is 47.5 Å². The number of aliphatic hydroxyl groups excluding tert-OH is 4. The number of hydrogen-bond donors (Lipinski definition) is 6. The maximum atomic E-state index is 13.7. The van der Waals surface area contributed by atoms with E-state index in [9.17, 15) is 37.4 Å². The van der Waals surface area contributed by atoms with Crippen LogP contribution in [0.3, 0.4) is 0 Å². The van der Waals surface area contributed by atoms with Crippen molar-refractivity contribution >= 4 is 11.6 Å². The highest BCUT2D eigenvalue weighted by molar-refractivity contribution is 5.24. The van der Waals surface area contributed by atoms with E-state index in [0.29, 0.717) is 9.13 Å². The molecule has 0 radical (unpaired) electrons. The van der Waals surface area contributed by atoms with Gasteiger partial charge in [0.25, 0.3) is 0 Å². The zero-order valence-corrected chi connectivity index (χ0v) is 18.1. The van der Waals surface area contributed by atoms with Crippen molar-refractivity contribution in [3.8, 4) is 0 Å². The van der Waals surface area contributed by atoms with Crippen LogP contribution in [0.15, 0.2) is 34.1 Å². The third kappa shape index (κ3) is 4.90. The van der Waals surface area contributed by atoms with Gasteiger partial charge >= 0.3 is 23.2 Å². The Hall–Kier alpha value is -3.16. The standard InChI is InChI=1S/2C9H11F2N3O4/c2*10-9(11)6(16)4(3-15)18-7(9)14-2-1-5(12)13-8(14)17/h2*1-2,4,6-7,15-16H,3H2,(H2,12,13,17)/t4-,6-,7?;4-,6-,7-/m11/s1. The molecular weight excluding hydrogens is 504 g/mol. The van der Waals surface area contributed by atoms with Gasteiger partial charge in [-0.2, -0.15) is 27.5 Å². The predicted octanol–water partition coefficient (Wildman–Crippen LogP) is -2.58. The summed E-state index contributed by atoms with van der Waals surface area (Å²) in [4.78, 5) is 29.4. The van der Waals surface area contributed by atoms with Gasteiger partial charge in [-0.15, -0.1) is 0 Å². The van der Waals surface area contributed by atoms with E-state index in [1.54, 1.807) is 0 Å². The maximum Gasteiger partial charge on any atom is 0.351 e. The molecule has 2 aromatic rings. The summed E-state index contributed by atoms with van der Waals surface area (Å²) in [7, 11) is 0. The molecule has 0 aromatic carbocycles. The smallest absolute Gasteiger partial charge is 0.351 e. The van der Waals surface area contributed by atoms with Crippen LogP contribution in [0, 0.1) is 0 Å². The number of nitrogen functional groups attached to an aromatic ring is 2. The lowest BCUT2D eigenvalue weighted by molar-refractivity contribution is -0.141. The predicted molar refractivity (Wildman–Crippen MR) is 110 cm³/mol. The van der Waals surface area contributed by atoms with Crippen LogP contribution in [0.25, 0.3) is 0 Å². The lowest BCUT2D eigenvalue weighted by atomic mass is 10.1. The van der Waals surface area contributed by atoms with Gasteiger partial charge in [-0.25, -0.2) is 9.59 Å². The minimum atomic E-state index is -3.71. The first-order chi connectivity index (χ1) is 16.7. The van der Waals surface area contributed by atoms with E-state index in [1.807, 2.05) is 0 Å². The second-order valence-electron chi connectivity index (χ2n) is 7.74. The number of anilines is 2. The van der Waals surface area contributed by atoms with Gasteiger partial charge in [-0.05, 0) is 12.1 Å². The highest BCUT2D eigenvalue weighted by atomic mass is 19.3. The molecule has 2 saturated heterocycles. The molecule has 1 unspecified atom stereocenters. The minimum Gasteiger partial charge on any atom is -0.394 e. The summed E-state index contributed by atoms with van der Waals surface area (Å²) in [5.74, 6) is -7.65. The molecule has 4 rings (SSSR count). The Kier molecular flexibility index (Phi) is 7.67. The summed E-state index contributed by atoms with van der Waals surface area (Å²) in [6.45, 7) is -1.57. The number of hydrogen-bond acceptors (Lipinski definition) is 12. The lowest BCUT2D eigenvalue weighted by Gasteiger charge is -2.20. The van der Waals surface area contributed by atoms with E-state index in [2.05, 4.69) is 9.97 Å². The van der Waals surface area contributed by atoms with E-state index < -0.39 is 73.3 Å².